The molecule has 0 aromatic heterocycles. The molecule has 21 heavy (non-hydrogen) atoms. The zero-order valence-electron chi connectivity index (χ0n) is 12.6. The second kappa shape index (κ2) is 8.04. The van der Waals surface area contributed by atoms with E-state index in [2.05, 4.69) is 10.6 Å². The van der Waals surface area contributed by atoms with Gasteiger partial charge in [-0.3, -0.25) is 0 Å². The first-order chi connectivity index (χ1) is 10.3. The Morgan fingerprint density at radius 3 is 2.57 bits per heavy atom. The maximum absolute atomic E-state index is 5.48. The second-order valence-electron chi connectivity index (χ2n) is 4.51. The smallest absolute Gasteiger partial charge is 0.141 e. The normalized spacial score (nSPS) is 10.0. The van der Waals surface area contributed by atoms with E-state index in [0.29, 0.717) is 6.61 Å². The van der Waals surface area contributed by atoms with Gasteiger partial charge in [0.1, 0.15) is 11.5 Å². The average Bonchev–Trinajstić information content (AvgIpc) is 2.53. The summed E-state index contributed by atoms with van der Waals surface area (Å²) in [6.45, 7) is 4.28. The molecule has 0 atom stereocenters. The van der Waals surface area contributed by atoms with Crippen LogP contribution < -0.4 is 20.1 Å². The lowest BCUT2D eigenvalue weighted by Gasteiger charge is -2.12. The van der Waals surface area contributed by atoms with Crippen LogP contribution in [0.3, 0.4) is 0 Å². The summed E-state index contributed by atoms with van der Waals surface area (Å²) in [5.41, 5.74) is 2.06. The Bertz CT molecular complexity index is 558. The highest BCUT2D eigenvalue weighted by Gasteiger charge is 2.00. The fraction of sp³-hybridized carbons (Fsp3) is 0.294. The summed E-state index contributed by atoms with van der Waals surface area (Å²) < 4.78 is 10.8. The Morgan fingerprint density at radius 1 is 0.952 bits per heavy atom. The number of anilines is 2. The van der Waals surface area contributed by atoms with E-state index in [-0.39, 0.29) is 0 Å². The molecular formula is C17H22N2O2. The number of nitrogens with one attached hydrogen (secondary N) is 2. The van der Waals surface area contributed by atoms with Crippen LogP contribution >= 0.6 is 0 Å². The lowest BCUT2D eigenvalue weighted by Crippen LogP contribution is -2.14. The molecule has 0 radical (unpaired) electrons. The Balaban J connectivity index is 1.80. The molecule has 0 heterocycles. The lowest BCUT2D eigenvalue weighted by atomic mass is 10.3. The molecule has 0 spiro atoms. The van der Waals surface area contributed by atoms with E-state index in [0.717, 1.165) is 36.0 Å². The van der Waals surface area contributed by atoms with E-state index in [1.165, 1.54) is 0 Å². The van der Waals surface area contributed by atoms with Gasteiger partial charge in [0.15, 0.2) is 0 Å². The zero-order chi connectivity index (χ0) is 14.9. The first-order valence-corrected chi connectivity index (χ1v) is 7.17. The molecule has 0 unspecified atom stereocenters. The molecule has 2 N–H and O–H groups in total. The molecule has 0 aliphatic carbocycles. The van der Waals surface area contributed by atoms with E-state index in [1.807, 2.05) is 55.5 Å². The van der Waals surface area contributed by atoms with E-state index in [9.17, 15) is 0 Å². The minimum atomic E-state index is 0.679. The van der Waals surface area contributed by atoms with Crippen molar-refractivity contribution in [2.24, 2.45) is 0 Å². The van der Waals surface area contributed by atoms with Crippen molar-refractivity contribution in [1.82, 2.24) is 0 Å². The second-order valence-corrected chi connectivity index (χ2v) is 4.51. The van der Waals surface area contributed by atoms with Crippen molar-refractivity contribution >= 4 is 11.4 Å². The van der Waals surface area contributed by atoms with Gasteiger partial charge in [-0.05, 0) is 31.2 Å². The van der Waals surface area contributed by atoms with Crippen molar-refractivity contribution in [1.29, 1.82) is 0 Å². The van der Waals surface area contributed by atoms with Crippen LogP contribution in [-0.4, -0.2) is 26.8 Å². The molecule has 0 saturated carbocycles. The first-order valence-electron chi connectivity index (χ1n) is 7.17. The summed E-state index contributed by atoms with van der Waals surface area (Å²) in [5, 5.41) is 6.72. The quantitative estimate of drug-likeness (QED) is 0.727. The predicted octanol–water partition coefficient (Wildman–Crippen LogP) is 3.62. The number of ether oxygens (including phenoxy) is 2. The standard InChI is InChI=1S/C17H22N2O2/c1-3-21-15-8-6-7-14(13-15)18-11-12-19-16-9-4-5-10-17(16)20-2/h4-10,13,18-19H,3,11-12H2,1-2H3. The third kappa shape index (κ3) is 4.60. The summed E-state index contributed by atoms with van der Waals surface area (Å²) in [5.74, 6) is 1.75. The maximum Gasteiger partial charge on any atom is 0.141 e. The Labute approximate surface area is 126 Å². The van der Waals surface area contributed by atoms with Crippen molar-refractivity contribution in [3.05, 3.63) is 48.5 Å². The summed E-state index contributed by atoms with van der Waals surface area (Å²) in [6, 6.07) is 15.9. The molecule has 112 valence electrons. The number of rotatable bonds is 8. The summed E-state index contributed by atoms with van der Waals surface area (Å²) >= 11 is 0. The monoisotopic (exact) mass is 286 g/mol. The molecule has 2 aromatic rings. The van der Waals surface area contributed by atoms with Crippen LogP contribution in [0.15, 0.2) is 48.5 Å². The maximum atomic E-state index is 5.48. The first kappa shape index (κ1) is 15.0. The van der Waals surface area contributed by atoms with Crippen molar-refractivity contribution < 1.29 is 9.47 Å². The SMILES string of the molecule is CCOc1cccc(NCCNc2ccccc2OC)c1. The van der Waals surface area contributed by atoms with Crippen LogP contribution in [0.5, 0.6) is 11.5 Å². The molecule has 2 aromatic carbocycles. The van der Waals surface area contributed by atoms with Crippen LogP contribution in [-0.2, 0) is 0 Å². The van der Waals surface area contributed by atoms with Gasteiger partial charge in [0.2, 0.25) is 0 Å². The van der Waals surface area contributed by atoms with Crippen LogP contribution in [0.1, 0.15) is 6.92 Å². The van der Waals surface area contributed by atoms with Gasteiger partial charge in [-0.2, -0.15) is 0 Å². The molecule has 4 heteroatoms. The highest BCUT2D eigenvalue weighted by molar-refractivity contribution is 5.56. The van der Waals surface area contributed by atoms with Gasteiger partial charge in [0, 0.05) is 24.8 Å². The Hall–Kier alpha value is -2.36. The third-order valence-electron chi connectivity index (χ3n) is 3.02. The van der Waals surface area contributed by atoms with Gasteiger partial charge >= 0.3 is 0 Å². The number of hydrogen-bond donors (Lipinski definition) is 2. The van der Waals surface area contributed by atoms with Gasteiger partial charge in [-0.1, -0.05) is 18.2 Å². The molecule has 4 nitrogen and oxygen atoms in total. The lowest BCUT2D eigenvalue weighted by molar-refractivity contribution is 0.340. The van der Waals surface area contributed by atoms with Crippen molar-refractivity contribution in [3.63, 3.8) is 0 Å². The van der Waals surface area contributed by atoms with Crippen LogP contribution in [0.4, 0.5) is 11.4 Å². The molecular weight excluding hydrogens is 264 g/mol. The van der Waals surface area contributed by atoms with E-state index in [4.69, 9.17) is 9.47 Å². The molecule has 0 saturated heterocycles. The fourth-order valence-electron chi connectivity index (χ4n) is 2.06. The molecule has 0 fully saturated rings. The highest BCUT2D eigenvalue weighted by atomic mass is 16.5. The number of para-hydroxylation sites is 2. The van der Waals surface area contributed by atoms with Gasteiger partial charge in [-0.15, -0.1) is 0 Å². The molecule has 0 bridgehead atoms. The number of hydrogen-bond acceptors (Lipinski definition) is 4. The average molecular weight is 286 g/mol. The van der Waals surface area contributed by atoms with Crippen molar-refractivity contribution in [2.75, 3.05) is 37.4 Å². The van der Waals surface area contributed by atoms with Gasteiger partial charge in [-0.25, -0.2) is 0 Å². The summed E-state index contributed by atoms with van der Waals surface area (Å²) in [6.07, 6.45) is 0. The number of benzene rings is 2. The summed E-state index contributed by atoms with van der Waals surface area (Å²) in [4.78, 5) is 0. The number of methoxy groups -OCH3 is 1. The molecule has 0 aliphatic heterocycles. The highest BCUT2D eigenvalue weighted by Crippen LogP contribution is 2.22. The van der Waals surface area contributed by atoms with Crippen LogP contribution in [0.25, 0.3) is 0 Å². The van der Waals surface area contributed by atoms with Crippen molar-refractivity contribution in [2.45, 2.75) is 6.92 Å². The molecule has 0 amide bonds. The summed E-state index contributed by atoms with van der Waals surface area (Å²) in [7, 11) is 1.68. The minimum Gasteiger partial charge on any atom is -0.495 e. The predicted molar refractivity (Wildman–Crippen MR) is 87.6 cm³/mol. The minimum absolute atomic E-state index is 0.679. The van der Waals surface area contributed by atoms with Crippen LogP contribution in [0, 0.1) is 0 Å². The topological polar surface area (TPSA) is 42.5 Å². The van der Waals surface area contributed by atoms with E-state index >= 15 is 0 Å². The Kier molecular flexibility index (Phi) is 5.76. The third-order valence-corrected chi connectivity index (χ3v) is 3.02. The van der Waals surface area contributed by atoms with Crippen molar-refractivity contribution in [3.8, 4) is 11.5 Å². The van der Waals surface area contributed by atoms with Gasteiger partial charge in [0.05, 0.1) is 19.4 Å². The zero-order valence-corrected chi connectivity index (χ0v) is 12.6. The van der Waals surface area contributed by atoms with Crippen LogP contribution in [0.2, 0.25) is 0 Å². The largest absolute Gasteiger partial charge is 0.495 e. The van der Waals surface area contributed by atoms with Gasteiger partial charge in [0.25, 0.3) is 0 Å². The van der Waals surface area contributed by atoms with E-state index in [1.54, 1.807) is 7.11 Å². The fourth-order valence-corrected chi connectivity index (χ4v) is 2.06. The van der Waals surface area contributed by atoms with E-state index < -0.39 is 0 Å². The molecule has 0 aliphatic rings. The van der Waals surface area contributed by atoms with Gasteiger partial charge < -0.3 is 20.1 Å². The molecule has 2 rings (SSSR count). The Morgan fingerprint density at radius 2 is 1.76 bits per heavy atom.